The van der Waals surface area contributed by atoms with Gasteiger partial charge in [-0.3, -0.25) is 4.79 Å². The lowest BCUT2D eigenvalue weighted by molar-refractivity contribution is -0.137. The van der Waals surface area contributed by atoms with Gasteiger partial charge in [0, 0.05) is 19.5 Å². The number of nitrogens with zero attached hydrogens (tertiary/aromatic N) is 1. The maximum atomic E-state index is 11.8. The van der Waals surface area contributed by atoms with Gasteiger partial charge in [-0.05, 0) is 18.9 Å². The van der Waals surface area contributed by atoms with Crippen molar-refractivity contribution in [3.63, 3.8) is 0 Å². The molecule has 1 N–H and O–H groups in total. The molecule has 1 rings (SSSR count). The Morgan fingerprint density at radius 2 is 1.95 bits per heavy atom. The van der Waals surface area contributed by atoms with Crippen molar-refractivity contribution in [2.24, 2.45) is 0 Å². The molecule has 0 fully saturated rings. The minimum absolute atomic E-state index is 0.0580. The van der Waals surface area contributed by atoms with E-state index in [0.29, 0.717) is 19.5 Å². The van der Waals surface area contributed by atoms with Gasteiger partial charge in [0.15, 0.2) is 0 Å². The topological polar surface area (TPSA) is 66.8 Å². The number of hydrogen-bond donors (Lipinski definition) is 1. The molecule has 104 valence electrons. The summed E-state index contributed by atoms with van der Waals surface area (Å²) in [7, 11) is 0. The number of carbonyl (C=O) groups is 2. The number of aliphatic carboxylic acids is 1. The fourth-order valence-corrected chi connectivity index (χ4v) is 1.61. The van der Waals surface area contributed by atoms with Crippen LogP contribution in [0.1, 0.15) is 25.3 Å². The highest BCUT2D eigenvalue weighted by Crippen LogP contribution is 2.04. The van der Waals surface area contributed by atoms with E-state index in [1.54, 1.807) is 0 Å². The van der Waals surface area contributed by atoms with Crippen LogP contribution in [0, 0.1) is 0 Å². The highest BCUT2D eigenvalue weighted by molar-refractivity contribution is 5.68. The molecule has 0 atom stereocenters. The Labute approximate surface area is 112 Å². The van der Waals surface area contributed by atoms with Crippen LogP contribution in [0.2, 0.25) is 0 Å². The van der Waals surface area contributed by atoms with Gasteiger partial charge in [0.1, 0.15) is 6.61 Å². The van der Waals surface area contributed by atoms with Crippen molar-refractivity contribution in [2.45, 2.75) is 26.4 Å². The number of ether oxygens (including phenoxy) is 1. The second kappa shape index (κ2) is 8.13. The molecule has 0 saturated carbocycles. The molecule has 0 saturated heterocycles. The van der Waals surface area contributed by atoms with E-state index >= 15 is 0 Å². The molecule has 5 nitrogen and oxygen atoms in total. The van der Waals surface area contributed by atoms with Gasteiger partial charge in [-0.1, -0.05) is 30.3 Å². The first-order valence-electron chi connectivity index (χ1n) is 6.31. The standard InChI is InChI=1S/C14H19NO4/c1-2-15(10-6-9-13(16)17)14(18)19-11-12-7-4-3-5-8-12/h3-5,7-8H,2,6,9-11H2,1H3,(H,16,17). The first-order chi connectivity index (χ1) is 9.13. The van der Waals surface area contributed by atoms with Gasteiger partial charge in [-0.25, -0.2) is 4.79 Å². The monoisotopic (exact) mass is 265 g/mol. The van der Waals surface area contributed by atoms with Crippen LogP contribution in [-0.4, -0.2) is 35.2 Å². The van der Waals surface area contributed by atoms with Crippen LogP contribution in [0.4, 0.5) is 4.79 Å². The van der Waals surface area contributed by atoms with Gasteiger partial charge in [0.25, 0.3) is 0 Å². The van der Waals surface area contributed by atoms with Crippen molar-refractivity contribution in [3.05, 3.63) is 35.9 Å². The van der Waals surface area contributed by atoms with E-state index in [1.807, 2.05) is 37.3 Å². The molecule has 0 aliphatic carbocycles. The third-order valence-electron chi connectivity index (χ3n) is 2.66. The summed E-state index contributed by atoms with van der Waals surface area (Å²) in [4.78, 5) is 23.7. The lowest BCUT2D eigenvalue weighted by atomic mass is 10.2. The summed E-state index contributed by atoms with van der Waals surface area (Å²) in [6.07, 6.45) is 0.0863. The van der Waals surface area contributed by atoms with Crippen LogP contribution < -0.4 is 0 Å². The first kappa shape index (κ1) is 15.0. The zero-order chi connectivity index (χ0) is 14.1. The summed E-state index contributed by atoms with van der Waals surface area (Å²) in [6, 6.07) is 9.43. The number of amides is 1. The minimum Gasteiger partial charge on any atom is -0.481 e. The van der Waals surface area contributed by atoms with Gasteiger partial charge in [0.05, 0.1) is 0 Å². The normalized spacial score (nSPS) is 9.95. The summed E-state index contributed by atoms with van der Waals surface area (Å²) < 4.78 is 5.18. The highest BCUT2D eigenvalue weighted by Gasteiger charge is 2.13. The van der Waals surface area contributed by atoms with E-state index in [9.17, 15) is 9.59 Å². The van der Waals surface area contributed by atoms with Crippen LogP contribution in [0.3, 0.4) is 0 Å². The van der Waals surface area contributed by atoms with Crippen molar-refractivity contribution >= 4 is 12.1 Å². The van der Waals surface area contributed by atoms with E-state index in [-0.39, 0.29) is 13.0 Å². The number of carboxylic acids is 1. The Kier molecular flexibility index (Phi) is 6.43. The van der Waals surface area contributed by atoms with Gasteiger partial charge < -0.3 is 14.7 Å². The predicted molar refractivity (Wildman–Crippen MR) is 70.7 cm³/mol. The van der Waals surface area contributed by atoms with Crippen molar-refractivity contribution in [3.8, 4) is 0 Å². The lowest BCUT2D eigenvalue weighted by Gasteiger charge is -2.19. The maximum absolute atomic E-state index is 11.8. The summed E-state index contributed by atoms with van der Waals surface area (Å²) in [6.45, 7) is 2.98. The van der Waals surface area contributed by atoms with Crippen LogP contribution >= 0.6 is 0 Å². The van der Waals surface area contributed by atoms with Crippen molar-refractivity contribution in [1.82, 2.24) is 4.90 Å². The Bertz CT molecular complexity index is 405. The van der Waals surface area contributed by atoms with E-state index in [0.717, 1.165) is 5.56 Å². The molecule has 0 spiro atoms. The number of carbonyl (C=O) groups excluding carboxylic acids is 1. The van der Waals surface area contributed by atoms with E-state index in [4.69, 9.17) is 9.84 Å². The fourth-order valence-electron chi connectivity index (χ4n) is 1.61. The molecule has 0 aliphatic heterocycles. The summed E-state index contributed by atoms with van der Waals surface area (Å²) >= 11 is 0. The predicted octanol–water partition coefficient (Wildman–Crippen LogP) is 2.51. The number of rotatable bonds is 7. The molecular formula is C14H19NO4. The summed E-state index contributed by atoms with van der Waals surface area (Å²) in [5.41, 5.74) is 0.928. The van der Waals surface area contributed by atoms with Crippen LogP contribution in [-0.2, 0) is 16.1 Å². The Morgan fingerprint density at radius 3 is 2.53 bits per heavy atom. The van der Waals surface area contributed by atoms with Crippen LogP contribution in [0.25, 0.3) is 0 Å². The molecule has 0 radical (unpaired) electrons. The number of hydrogen-bond acceptors (Lipinski definition) is 3. The molecule has 0 bridgehead atoms. The molecule has 1 aromatic carbocycles. The lowest BCUT2D eigenvalue weighted by Crippen LogP contribution is -2.32. The van der Waals surface area contributed by atoms with Crippen molar-refractivity contribution in [2.75, 3.05) is 13.1 Å². The van der Waals surface area contributed by atoms with Gasteiger partial charge >= 0.3 is 12.1 Å². The average molecular weight is 265 g/mol. The SMILES string of the molecule is CCN(CCCC(=O)O)C(=O)OCc1ccccc1. The average Bonchev–Trinajstić information content (AvgIpc) is 2.42. The smallest absolute Gasteiger partial charge is 0.410 e. The molecule has 0 heterocycles. The minimum atomic E-state index is -0.853. The summed E-state index contributed by atoms with van der Waals surface area (Å²) in [5, 5.41) is 8.56. The molecule has 0 aliphatic rings. The Hall–Kier alpha value is -2.04. The molecule has 0 aromatic heterocycles. The number of benzene rings is 1. The van der Waals surface area contributed by atoms with Crippen LogP contribution in [0.5, 0.6) is 0 Å². The molecule has 0 unspecified atom stereocenters. The third-order valence-corrected chi connectivity index (χ3v) is 2.66. The second-order valence-electron chi connectivity index (χ2n) is 4.12. The number of carboxylic acid groups (broad SMARTS) is 1. The van der Waals surface area contributed by atoms with E-state index < -0.39 is 12.1 Å². The quantitative estimate of drug-likeness (QED) is 0.822. The van der Waals surface area contributed by atoms with Gasteiger partial charge in [-0.15, -0.1) is 0 Å². The second-order valence-corrected chi connectivity index (χ2v) is 4.12. The maximum Gasteiger partial charge on any atom is 0.410 e. The Morgan fingerprint density at radius 1 is 1.26 bits per heavy atom. The molecular weight excluding hydrogens is 246 g/mol. The van der Waals surface area contributed by atoms with Gasteiger partial charge in [-0.2, -0.15) is 0 Å². The zero-order valence-electron chi connectivity index (χ0n) is 11.0. The molecule has 1 aromatic rings. The molecule has 1 amide bonds. The van der Waals surface area contributed by atoms with Crippen LogP contribution in [0.15, 0.2) is 30.3 Å². The largest absolute Gasteiger partial charge is 0.481 e. The third kappa shape index (κ3) is 5.90. The van der Waals surface area contributed by atoms with Crippen molar-refractivity contribution < 1.29 is 19.4 Å². The van der Waals surface area contributed by atoms with Gasteiger partial charge in [0.2, 0.25) is 0 Å². The summed E-state index contributed by atoms with van der Waals surface area (Å²) in [5.74, 6) is -0.853. The fraction of sp³-hybridized carbons (Fsp3) is 0.429. The van der Waals surface area contributed by atoms with E-state index in [1.165, 1.54) is 4.90 Å². The molecule has 19 heavy (non-hydrogen) atoms. The van der Waals surface area contributed by atoms with Crippen molar-refractivity contribution in [1.29, 1.82) is 0 Å². The van der Waals surface area contributed by atoms with E-state index in [2.05, 4.69) is 0 Å². The molecule has 5 heteroatoms. The highest BCUT2D eigenvalue weighted by atomic mass is 16.6. The zero-order valence-corrected chi connectivity index (χ0v) is 11.0. The first-order valence-corrected chi connectivity index (χ1v) is 6.31. The Balaban J connectivity index is 2.35.